The Morgan fingerprint density at radius 2 is 1.59 bits per heavy atom. The molecule has 1 saturated heterocycles. The van der Waals surface area contributed by atoms with Crippen LogP contribution < -0.4 is 5.48 Å². The number of carbonyl (C=O) groups excluding carboxylic acids is 2. The van der Waals surface area contributed by atoms with Crippen molar-refractivity contribution in [2.24, 2.45) is 0 Å². The highest BCUT2D eigenvalue weighted by molar-refractivity contribution is 5.82. The van der Waals surface area contributed by atoms with Gasteiger partial charge in [0.15, 0.2) is 0 Å². The lowest BCUT2D eigenvalue weighted by Crippen LogP contribution is -2.52. The van der Waals surface area contributed by atoms with Crippen LogP contribution >= 0.6 is 0 Å². The average Bonchev–Trinajstić information content (AvgIpc) is 2.74. The Balaban J connectivity index is 0.00000210. The molecule has 1 aliphatic heterocycles. The van der Waals surface area contributed by atoms with E-state index in [4.69, 9.17) is 9.94 Å². The molecule has 1 heterocycles. The quantitative estimate of drug-likeness (QED) is 0.622. The molecule has 1 unspecified atom stereocenters. The van der Waals surface area contributed by atoms with E-state index in [0.29, 0.717) is 26.2 Å². The van der Waals surface area contributed by atoms with Crippen molar-refractivity contribution < 1.29 is 22.4 Å². The summed E-state index contributed by atoms with van der Waals surface area (Å²) in [6, 6.07) is 18.2. The molecule has 7 nitrogen and oxygen atoms in total. The summed E-state index contributed by atoms with van der Waals surface area (Å²) < 4.78 is 5.37. The minimum absolute atomic E-state index is 0. The Morgan fingerprint density at radius 3 is 2.19 bits per heavy atom. The number of nitrogens with zero attached hydrogens (tertiary/aromatic N) is 2. The predicted octanol–water partition coefficient (Wildman–Crippen LogP) is 2.68. The number of hydrogen-bond acceptors (Lipinski definition) is 5. The second kappa shape index (κ2) is 9.16. The maximum atomic E-state index is 12.3. The molecule has 1 fully saturated rings. The molecule has 1 aliphatic rings. The summed E-state index contributed by atoms with van der Waals surface area (Å²) in [5.74, 6) is -0.485. The number of hydrogen-bond donors (Lipinski definition) is 2. The van der Waals surface area contributed by atoms with Crippen LogP contribution in [0.1, 0.15) is 20.0 Å². The Bertz CT molecular complexity index is 757. The van der Waals surface area contributed by atoms with Crippen LogP contribution in [0, 0.1) is 0 Å². The van der Waals surface area contributed by atoms with Crippen molar-refractivity contribution in [3.8, 4) is 0 Å². The summed E-state index contributed by atoms with van der Waals surface area (Å²) in [6.07, 6.45) is -0.360. The SMILES string of the molecule is O=C(NO)C(c1ccccc1)N1CCN(C(=O)OCc2ccccc2)CC1.[HH].[HH]. The molecule has 2 amide bonds. The molecule has 0 aliphatic carbocycles. The normalized spacial score (nSPS) is 15.8. The molecule has 0 saturated carbocycles. The van der Waals surface area contributed by atoms with Gasteiger partial charge in [-0.15, -0.1) is 0 Å². The van der Waals surface area contributed by atoms with Gasteiger partial charge in [0.25, 0.3) is 5.91 Å². The maximum Gasteiger partial charge on any atom is 0.410 e. The second-order valence-corrected chi connectivity index (χ2v) is 6.35. The molecule has 7 heteroatoms. The Labute approximate surface area is 161 Å². The number of ether oxygens (including phenoxy) is 1. The first-order chi connectivity index (χ1) is 13.2. The molecule has 27 heavy (non-hydrogen) atoms. The molecule has 2 aromatic rings. The number of carbonyl (C=O) groups is 2. The third-order valence-corrected chi connectivity index (χ3v) is 4.62. The van der Waals surface area contributed by atoms with Crippen molar-refractivity contribution in [2.75, 3.05) is 26.2 Å². The summed E-state index contributed by atoms with van der Waals surface area (Å²) in [6.45, 7) is 2.16. The molecule has 0 radical (unpaired) electrons. The van der Waals surface area contributed by atoms with E-state index < -0.39 is 11.9 Å². The lowest BCUT2D eigenvalue weighted by atomic mass is 10.0. The fourth-order valence-electron chi connectivity index (χ4n) is 3.20. The van der Waals surface area contributed by atoms with Crippen molar-refractivity contribution in [2.45, 2.75) is 12.6 Å². The second-order valence-electron chi connectivity index (χ2n) is 6.35. The van der Waals surface area contributed by atoms with E-state index in [1.165, 1.54) is 0 Å². The predicted molar refractivity (Wildman–Crippen MR) is 103 cm³/mol. The average molecular weight is 373 g/mol. The minimum Gasteiger partial charge on any atom is -0.445 e. The van der Waals surface area contributed by atoms with Crippen LogP contribution in [0.3, 0.4) is 0 Å². The van der Waals surface area contributed by atoms with E-state index in [0.717, 1.165) is 11.1 Å². The third kappa shape index (κ3) is 4.84. The van der Waals surface area contributed by atoms with E-state index >= 15 is 0 Å². The van der Waals surface area contributed by atoms with Crippen molar-refractivity contribution in [1.82, 2.24) is 15.3 Å². The van der Waals surface area contributed by atoms with Gasteiger partial charge in [-0.25, -0.2) is 10.3 Å². The van der Waals surface area contributed by atoms with Crippen LogP contribution in [0.2, 0.25) is 0 Å². The lowest BCUT2D eigenvalue weighted by Gasteiger charge is -2.37. The Hall–Kier alpha value is -2.90. The number of piperazine rings is 1. The monoisotopic (exact) mass is 373 g/mol. The highest BCUT2D eigenvalue weighted by atomic mass is 16.6. The van der Waals surface area contributed by atoms with Gasteiger partial charge in [-0.2, -0.15) is 0 Å². The molecule has 0 aromatic heterocycles. The first-order valence-corrected chi connectivity index (χ1v) is 8.87. The van der Waals surface area contributed by atoms with Gasteiger partial charge in [0, 0.05) is 29.0 Å². The van der Waals surface area contributed by atoms with Gasteiger partial charge in [-0.05, 0) is 11.1 Å². The van der Waals surface area contributed by atoms with Crippen molar-refractivity contribution in [3.63, 3.8) is 0 Å². The minimum atomic E-state index is -0.598. The van der Waals surface area contributed by atoms with Crippen LogP contribution in [-0.4, -0.2) is 53.2 Å². The van der Waals surface area contributed by atoms with Gasteiger partial charge in [0.05, 0.1) is 0 Å². The van der Waals surface area contributed by atoms with Gasteiger partial charge < -0.3 is 9.64 Å². The van der Waals surface area contributed by atoms with Crippen LogP contribution in [0.4, 0.5) is 4.79 Å². The van der Waals surface area contributed by atoms with E-state index in [9.17, 15) is 9.59 Å². The first-order valence-electron chi connectivity index (χ1n) is 8.87. The van der Waals surface area contributed by atoms with Gasteiger partial charge >= 0.3 is 6.09 Å². The molecular formula is C20H27N3O4. The van der Waals surface area contributed by atoms with Gasteiger partial charge in [-0.1, -0.05) is 60.7 Å². The molecule has 0 bridgehead atoms. The van der Waals surface area contributed by atoms with Crippen molar-refractivity contribution in [3.05, 3.63) is 71.8 Å². The highest BCUT2D eigenvalue weighted by Gasteiger charge is 2.31. The molecule has 146 valence electrons. The van der Waals surface area contributed by atoms with Crippen molar-refractivity contribution in [1.29, 1.82) is 0 Å². The zero-order valence-corrected chi connectivity index (χ0v) is 15.0. The molecule has 2 N–H and O–H groups in total. The topological polar surface area (TPSA) is 82.1 Å². The molecule has 0 spiro atoms. The standard InChI is InChI=1S/C20H23N3O4.2H2/c24-19(21-26)18(17-9-5-2-6-10-17)22-11-13-23(14-12-22)20(25)27-15-16-7-3-1-4-8-16;;/h1-10,18,26H,11-15H2,(H,21,24);2*1H. The fourth-order valence-corrected chi connectivity index (χ4v) is 3.20. The molecular weight excluding hydrogens is 346 g/mol. The van der Waals surface area contributed by atoms with Crippen molar-refractivity contribution >= 4 is 12.0 Å². The van der Waals surface area contributed by atoms with E-state index in [2.05, 4.69) is 0 Å². The van der Waals surface area contributed by atoms with E-state index in [1.807, 2.05) is 65.6 Å². The lowest BCUT2D eigenvalue weighted by molar-refractivity contribution is -0.135. The van der Waals surface area contributed by atoms with Crippen LogP contribution in [0.15, 0.2) is 60.7 Å². The number of hydroxylamine groups is 1. The van der Waals surface area contributed by atoms with Gasteiger partial charge in [-0.3, -0.25) is 14.9 Å². The van der Waals surface area contributed by atoms with Gasteiger partial charge in [0.2, 0.25) is 0 Å². The number of benzene rings is 2. The first kappa shape index (κ1) is 18.9. The fraction of sp³-hybridized carbons (Fsp3) is 0.300. The largest absolute Gasteiger partial charge is 0.445 e. The summed E-state index contributed by atoms with van der Waals surface area (Å²) >= 11 is 0. The summed E-state index contributed by atoms with van der Waals surface area (Å²) in [7, 11) is 0. The number of rotatable bonds is 5. The number of amides is 2. The summed E-state index contributed by atoms with van der Waals surface area (Å²) in [4.78, 5) is 28.0. The summed E-state index contributed by atoms with van der Waals surface area (Å²) in [5, 5.41) is 9.10. The molecule has 2 aromatic carbocycles. The van der Waals surface area contributed by atoms with E-state index in [-0.39, 0.29) is 15.6 Å². The van der Waals surface area contributed by atoms with Gasteiger partial charge in [0.1, 0.15) is 12.6 Å². The number of nitrogens with one attached hydrogen (secondary N) is 1. The Kier molecular flexibility index (Phi) is 6.40. The van der Waals surface area contributed by atoms with E-state index in [1.54, 1.807) is 10.4 Å². The zero-order valence-electron chi connectivity index (χ0n) is 15.0. The molecule has 3 rings (SSSR count). The highest BCUT2D eigenvalue weighted by Crippen LogP contribution is 2.22. The molecule has 1 atom stereocenters. The van der Waals surface area contributed by atoms with Crippen LogP contribution in [-0.2, 0) is 16.1 Å². The smallest absolute Gasteiger partial charge is 0.410 e. The third-order valence-electron chi connectivity index (χ3n) is 4.62. The van der Waals surface area contributed by atoms with Crippen LogP contribution in [0.25, 0.3) is 0 Å². The summed E-state index contributed by atoms with van der Waals surface area (Å²) in [5.41, 5.74) is 3.48. The maximum absolute atomic E-state index is 12.3. The van der Waals surface area contributed by atoms with Crippen LogP contribution in [0.5, 0.6) is 0 Å². The zero-order chi connectivity index (χ0) is 19.1. The Morgan fingerprint density at radius 1 is 1.00 bits per heavy atom.